The van der Waals surface area contributed by atoms with Crippen molar-refractivity contribution in [3.63, 3.8) is 0 Å². The SMILES string of the molecule is CCCCCN1C(=O)/C(=C/c2cn(-c3ccccc3)nc2-c2ccc(OC(C)C)c(C)c2)SC1=S. The van der Waals surface area contributed by atoms with Gasteiger partial charge in [0.15, 0.2) is 0 Å². The van der Waals surface area contributed by atoms with Crippen molar-refractivity contribution >= 4 is 40.3 Å². The molecule has 1 aliphatic rings. The molecule has 0 unspecified atom stereocenters. The Balaban J connectivity index is 1.73. The van der Waals surface area contributed by atoms with E-state index in [2.05, 4.69) is 13.0 Å². The molecule has 3 aromatic rings. The summed E-state index contributed by atoms with van der Waals surface area (Å²) in [4.78, 5) is 15.5. The number of thioether (sulfide) groups is 1. The highest BCUT2D eigenvalue weighted by Crippen LogP contribution is 2.36. The average molecular weight is 506 g/mol. The van der Waals surface area contributed by atoms with E-state index < -0.39 is 0 Å². The highest BCUT2D eigenvalue weighted by atomic mass is 32.2. The lowest BCUT2D eigenvalue weighted by molar-refractivity contribution is -0.122. The van der Waals surface area contributed by atoms with Crippen LogP contribution in [-0.2, 0) is 4.79 Å². The monoisotopic (exact) mass is 505 g/mol. The second kappa shape index (κ2) is 11.2. The smallest absolute Gasteiger partial charge is 0.266 e. The Bertz CT molecular complexity index is 1250. The van der Waals surface area contributed by atoms with Crippen molar-refractivity contribution in [2.75, 3.05) is 6.54 Å². The molecule has 1 saturated heterocycles. The molecular formula is C28H31N3O2S2. The molecule has 7 heteroatoms. The number of aromatic nitrogens is 2. The van der Waals surface area contributed by atoms with Gasteiger partial charge in [-0.3, -0.25) is 9.69 Å². The molecule has 5 nitrogen and oxygen atoms in total. The van der Waals surface area contributed by atoms with Gasteiger partial charge in [-0.05, 0) is 69.2 Å². The van der Waals surface area contributed by atoms with Crippen LogP contribution in [0.1, 0.15) is 51.2 Å². The van der Waals surface area contributed by atoms with Crippen LogP contribution in [0.3, 0.4) is 0 Å². The topological polar surface area (TPSA) is 47.4 Å². The Morgan fingerprint density at radius 1 is 1.14 bits per heavy atom. The number of thiocarbonyl (C=S) groups is 1. The largest absolute Gasteiger partial charge is 0.491 e. The highest BCUT2D eigenvalue weighted by Gasteiger charge is 2.32. The summed E-state index contributed by atoms with van der Waals surface area (Å²) < 4.78 is 8.40. The van der Waals surface area contributed by atoms with Gasteiger partial charge in [-0.25, -0.2) is 4.68 Å². The quantitative estimate of drug-likeness (QED) is 0.178. The van der Waals surface area contributed by atoms with Gasteiger partial charge in [0.25, 0.3) is 5.91 Å². The van der Waals surface area contributed by atoms with Gasteiger partial charge in [0.05, 0.1) is 16.7 Å². The molecular weight excluding hydrogens is 474 g/mol. The number of ether oxygens (including phenoxy) is 1. The lowest BCUT2D eigenvalue weighted by Crippen LogP contribution is -2.28. The van der Waals surface area contributed by atoms with Crippen LogP contribution < -0.4 is 4.74 Å². The van der Waals surface area contributed by atoms with E-state index in [0.29, 0.717) is 15.8 Å². The lowest BCUT2D eigenvalue weighted by Gasteiger charge is -2.13. The summed E-state index contributed by atoms with van der Waals surface area (Å²) >= 11 is 6.89. The molecule has 4 rings (SSSR count). The molecule has 0 bridgehead atoms. The second-order valence-electron chi connectivity index (χ2n) is 8.90. The second-order valence-corrected chi connectivity index (χ2v) is 10.6. The number of rotatable bonds is 9. The summed E-state index contributed by atoms with van der Waals surface area (Å²) in [5, 5.41) is 4.91. The van der Waals surface area contributed by atoms with Gasteiger partial charge < -0.3 is 4.74 Å². The number of carbonyl (C=O) groups excluding carboxylic acids is 1. The average Bonchev–Trinajstić information content (AvgIpc) is 3.37. The number of para-hydroxylation sites is 1. The van der Waals surface area contributed by atoms with Crippen LogP contribution in [0, 0.1) is 6.92 Å². The van der Waals surface area contributed by atoms with E-state index in [9.17, 15) is 4.79 Å². The van der Waals surface area contributed by atoms with Crippen molar-refractivity contribution < 1.29 is 9.53 Å². The van der Waals surface area contributed by atoms with Gasteiger partial charge in [0.2, 0.25) is 0 Å². The zero-order chi connectivity index (χ0) is 24.9. The van der Waals surface area contributed by atoms with Crippen LogP contribution in [0.15, 0.2) is 59.6 Å². The molecule has 0 radical (unpaired) electrons. The van der Waals surface area contributed by atoms with Gasteiger partial charge in [-0.2, -0.15) is 5.10 Å². The van der Waals surface area contributed by atoms with Gasteiger partial charge in [0.1, 0.15) is 15.8 Å². The predicted molar refractivity (Wildman–Crippen MR) is 149 cm³/mol. The minimum Gasteiger partial charge on any atom is -0.491 e. The number of unbranched alkanes of at least 4 members (excludes halogenated alkanes) is 2. The maximum absolute atomic E-state index is 13.1. The molecule has 1 aromatic heterocycles. The van der Waals surface area contributed by atoms with Crippen molar-refractivity contribution in [1.29, 1.82) is 0 Å². The van der Waals surface area contributed by atoms with E-state index in [-0.39, 0.29) is 12.0 Å². The van der Waals surface area contributed by atoms with Crippen LogP contribution in [-0.4, -0.2) is 37.6 Å². The summed E-state index contributed by atoms with van der Waals surface area (Å²) in [6.07, 6.45) is 7.15. The van der Waals surface area contributed by atoms with Crippen molar-refractivity contribution in [3.8, 4) is 22.7 Å². The molecule has 2 heterocycles. The lowest BCUT2D eigenvalue weighted by atomic mass is 10.0. The fourth-order valence-electron chi connectivity index (χ4n) is 3.97. The molecule has 0 spiro atoms. The summed E-state index contributed by atoms with van der Waals surface area (Å²) in [7, 11) is 0. The Kier molecular flexibility index (Phi) is 8.08. The van der Waals surface area contributed by atoms with E-state index in [1.54, 1.807) is 4.90 Å². The molecule has 1 aliphatic heterocycles. The molecule has 0 atom stereocenters. The van der Waals surface area contributed by atoms with Gasteiger partial charge in [0, 0.05) is 23.9 Å². The normalized spacial score (nSPS) is 15.0. The fraction of sp³-hybridized carbons (Fsp3) is 0.321. The first-order chi connectivity index (χ1) is 16.9. The third kappa shape index (κ3) is 5.85. The Labute approximate surface area is 217 Å². The molecule has 0 N–H and O–H groups in total. The van der Waals surface area contributed by atoms with Crippen LogP contribution in [0.5, 0.6) is 5.75 Å². The molecule has 182 valence electrons. The van der Waals surface area contributed by atoms with Crippen LogP contribution in [0.2, 0.25) is 0 Å². The molecule has 0 saturated carbocycles. The molecule has 1 fully saturated rings. The van der Waals surface area contributed by atoms with Crippen molar-refractivity contribution in [1.82, 2.24) is 14.7 Å². The number of aryl methyl sites for hydroxylation is 1. The summed E-state index contributed by atoms with van der Waals surface area (Å²) in [5.41, 5.74) is 4.65. The van der Waals surface area contributed by atoms with Gasteiger partial charge >= 0.3 is 0 Å². The summed E-state index contributed by atoms with van der Waals surface area (Å²) in [6, 6.07) is 16.1. The summed E-state index contributed by atoms with van der Waals surface area (Å²) in [5.74, 6) is 0.840. The van der Waals surface area contributed by atoms with E-state index in [0.717, 1.165) is 53.1 Å². The first-order valence-corrected chi connectivity index (χ1v) is 13.3. The first-order valence-electron chi connectivity index (χ1n) is 12.1. The minimum atomic E-state index is -0.0219. The number of hydrogen-bond donors (Lipinski definition) is 0. The number of nitrogens with zero attached hydrogens (tertiary/aromatic N) is 3. The number of benzene rings is 2. The van der Waals surface area contributed by atoms with Crippen molar-refractivity contribution in [2.45, 2.75) is 53.1 Å². The summed E-state index contributed by atoms with van der Waals surface area (Å²) in [6.45, 7) is 8.90. The highest BCUT2D eigenvalue weighted by molar-refractivity contribution is 8.26. The molecule has 35 heavy (non-hydrogen) atoms. The Morgan fingerprint density at radius 2 is 1.91 bits per heavy atom. The fourth-order valence-corrected chi connectivity index (χ4v) is 5.27. The number of carbonyl (C=O) groups is 1. The maximum Gasteiger partial charge on any atom is 0.266 e. The van der Waals surface area contributed by atoms with Crippen LogP contribution >= 0.6 is 24.0 Å². The minimum absolute atomic E-state index is 0.0219. The third-order valence-corrected chi connectivity index (χ3v) is 7.10. The maximum atomic E-state index is 13.1. The molecule has 2 aromatic carbocycles. The molecule has 1 amide bonds. The number of amides is 1. The van der Waals surface area contributed by atoms with Crippen molar-refractivity contribution in [2.24, 2.45) is 0 Å². The third-order valence-electron chi connectivity index (χ3n) is 5.72. The van der Waals surface area contributed by atoms with Crippen LogP contribution in [0.25, 0.3) is 23.0 Å². The number of hydrogen-bond acceptors (Lipinski definition) is 5. The standard InChI is InChI=1S/C28H31N3O2S2/c1-5-6-10-15-30-27(32)25(35-28(30)34)17-22-18-31(23-11-8-7-9-12-23)29-26(22)21-13-14-24(20(4)16-21)33-19(2)3/h7-9,11-14,16-19H,5-6,10,15H2,1-4H3/b25-17-. The zero-order valence-corrected chi connectivity index (χ0v) is 22.3. The Hall–Kier alpha value is -2.90. The van der Waals surface area contributed by atoms with Gasteiger partial charge in [-0.1, -0.05) is 61.9 Å². The van der Waals surface area contributed by atoms with E-state index in [4.69, 9.17) is 22.1 Å². The predicted octanol–water partition coefficient (Wildman–Crippen LogP) is 7.03. The zero-order valence-electron chi connectivity index (χ0n) is 20.7. The van der Waals surface area contributed by atoms with Crippen LogP contribution in [0.4, 0.5) is 0 Å². The van der Waals surface area contributed by atoms with Crippen molar-refractivity contribution in [3.05, 3.63) is 70.8 Å². The Morgan fingerprint density at radius 3 is 2.60 bits per heavy atom. The van der Waals surface area contributed by atoms with E-state index in [1.807, 2.05) is 80.2 Å². The first kappa shape index (κ1) is 25.2. The van der Waals surface area contributed by atoms with Gasteiger partial charge in [-0.15, -0.1) is 0 Å². The van der Waals surface area contributed by atoms with E-state index >= 15 is 0 Å². The van der Waals surface area contributed by atoms with E-state index in [1.165, 1.54) is 11.8 Å². The molecule has 0 aliphatic carbocycles.